The van der Waals surface area contributed by atoms with Crippen molar-refractivity contribution in [1.29, 1.82) is 0 Å². The normalized spacial score (nSPS) is 11.2. The van der Waals surface area contributed by atoms with Crippen LogP contribution < -0.4 is 59.2 Å². The van der Waals surface area contributed by atoms with E-state index in [0.29, 0.717) is 130 Å². The van der Waals surface area contributed by atoms with Gasteiger partial charge in [-0.1, -0.05) is 180 Å². The molecule has 0 saturated heterocycles. The first-order chi connectivity index (χ1) is 68.8. The Bertz CT molecular complexity index is 8690. The van der Waals surface area contributed by atoms with Gasteiger partial charge >= 0.3 is 40.3 Å². The minimum atomic E-state index is -1.05. The van der Waals surface area contributed by atoms with Gasteiger partial charge in [0, 0.05) is 22.8 Å². The second-order valence-electron chi connectivity index (χ2n) is 34.6. The van der Waals surface area contributed by atoms with Gasteiger partial charge in [-0.3, -0.25) is 32.2 Å². The fourth-order valence-corrected chi connectivity index (χ4v) is 16.5. The van der Waals surface area contributed by atoms with Crippen LogP contribution in [0, 0.1) is 69.2 Å². The van der Waals surface area contributed by atoms with Crippen LogP contribution in [0.4, 0.5) is 0 Å². The van der Waals surface area contributed by atoms with Gasteiger partial charge in [-0.25, -0.2) is 38.1 Å². The summed E-state index contributed by atoms with van der Waals surface area (Å²) in [4.78, 5) is 94.4. The van der Waals surface area contributed by atoms with Crippen molar-refractivity contribution >= 4 is 84.2 Å². The van der Waals surface area contributed by atoms with E-state index in [4.69, 9.17) is 49.9 Å². The number of ether oxygens (including phenoxy) is 4. The maximum Gasteiger partial charge on any atom is 0.422 e. The number of hydrogen-bond donors (Lipinski definition) is 4. The van der Waals surface area contributed by atoms with Gasteiger partial charge in [-0.2, -0.15) is 0 Å². The Morgan fingerprint density at radius 1 is 0.294 bits per heavy atom. The number of nitrogens with zero attached hydrogens (tertiary/aromatic N) is 7. The lowest BCUT2D eigenvalue weighted by atomic mass is 10.1. The number of phenols is 2. The average molecular weight is 1930 g/mol. The van der Waals surface area contributed by atoms with Crippen molar-refractivity contribution in [3.05, 3.63) is 453 Å². The lowest BCUT2D eigenvalue weighted by Gasteiger charge is -2.12. The van der Waals surface area contributed by atoms with E-state index in [2.05, 4.69) is 0 Å². The molecule has 730 valence electrons. The largest absolute Gasteiger partial charge is 0.508 e. The highest BCUT2D eigenvalue weighted by Crippen LogP contribution is 2.34. The Morgan fingerprint density at radius 3 is 1.08 bits per heavy atom. The molecule has 30 nitrogen and oxygen atoms in total. The summed E-state index contributed by atoms with van der Waals surface area (Å²) in [6.07, 6.45) is -1.05. The fraction of sp³-hybridized carbons (Fsp3) is 0.186. The molecule has 0 aliphatic rings. The number of phenolic OH excluding ortho intramolecular Hbond substituents is 2. The Balaban J connectivity index is 0.000000126. The molecular weight excluding hydrogens is 1820 g/mol. The minimum absolute atomic E-state index is 0.0558. The Kier molecular flexibility index (Phi) is 31.0. The maximum atomic E-state index is 12.1. The lowest BCUT2D eigenvalue weighted by Crippen LogP contribution is -2.21. The number of para-hydroxylation sites is 1. The number of aliphatic hydroxyl groups excluding tert-OH is 2. The summed E-state index contributed by atoms with van der Waals surface area (Å²) in [5.74, 6) is -0.0576. The summed E-state index contributed by atoms with van der Waals surface area (Å²) in [7, 11) is 4.80. The topological polar surface area (TPSA) is 381 Å². The molecule has 0 saturated carbocycles. The molecule has 0 bridgehead atoms. The number of aliphatic hydroxyl groups is 2. The van der Waals surface area contributed by atoms with E-state index in [1.165, 1.54) is 13.7 Å². The molecule has 0 fully saturated rings. The third-order valence-electron chi connectivity index (χ3n) is 23.7. The fourth-order valence-electron chi connectivity index (χ4n) is 16.5. The van der Waals surface area contributed by atoms with Crippen LogP contribution in [0.25, 0.3) is 77.7 Å². The van der Waals surface area contributed by atoms with Crippen LogP contribution in [0.1, 0.15) is 106 Å². The first-order valence-electron chi connectivity index (χ1n) is 45.5. The first-order valence-corrected chi connectivity index (χ1v) is 45.5. The molecule has 30 heteroatoms. The molecule has 21 aromatic rings. The van der Waals surface area contributed by atoms with Gasteiger partial charge in [-0.05, 0) is 246 Å². The van der Waals surface area contributed by atoms with Crippen molar-refractivity contribution < 1.29 is 75.1 Å². The van der Waals surface area contributed by atoms with Gasteiger partial charge < -0.3 is 70.3 Å². The van der Waals surface area contributed by atoms with E-state index in [1.807, 2.05) is 275 Å². The summed E-state index contributed by atoms with van der Waals surface area (Å²) in [5.41, 5.74) is 26.2. The SMILES string of the molecule is COc1cccc(Cn2c(=O)oc3ccc(C)cc32)c1.COc1cccc(Cn2c(=O)oc3ccc(C)cc32)c1OC.Cc1ccc(O)c(Cn2c(=O)oc3ccc(C)cc32)c1.Cc1ccc2oc(=O)n(Cc3ccc(C)c(O)c3)c2c1.Cc1cccc(C(O)n2c(=O)oc3ccc(C)cc32)c1.Cc1cccc(Cn2c(=O)oc3ccc(CO)cc32)c1.Cc1cccc(Cn2c(=O)oc3ccc(OC=O)cc32)c1. The minimum Gasteiger partial charge on any atom is -0.508 e. The number of carbonyl (C=O) groups is 1. The number of hydrogen-bond acceptors (Lipinski definition) is 23. The third-order valence-corrected chi connectivity index (χ3v) is 23.7. The number of methoxy groups -OCH3 is 3. The van der Waals surface area contributed by atoms with Crippen LogP contribution in [-0.4, -0.2) is 80.2 Å². The van der Waals surface area contributed by atoms with E-state index in [9.17, 15) is 58.8 Å². The van der Waals surface area contributed by atoms with Gasteiger partial charge in [0.15, 0.2) is 56.8 Å². The third kappa shape index (κ3) is 23.7. The quantitative estimate of drug-likeness (QED) is 0.0515. The molecule has 1 atom stereocenters. The molecule has 7 heterocycles. The number of benzene rings is 14. The Morgan fingerprint density at radius 2 is 0.650 bits per heavy atom. The van der Waals surface area contributed by atoms with Crippen molar-refractivity contribution in [3.63, 3.8) is 0 Å². The van der Waals surface area contributed by atoms with Crippen LogP contribution in [0.15, 0.2) is 344 Å². The van der Waals surface area contributed by atoms with Gasteiger partial charge in [0.2, 0.25) is 0 Å². The van der Waals surface area contributed by atoms with Crippen molar-refractivity contribution in [2.45, 2.75) is 121 Å². The van der Waals surface area contributed by atoms with Crippen LogP contribution in [0.5, 0.6) is 34.5 Å². The van der Waals surface area contributed by atoms with Crippen molar-refractivity contribution in [2.24, 2.45) is 0 Å². The van der Waals surface area contributed by atoms with Gasteiger partial charge in [0.05, 0.1) is 106 Å². The number of carbonyl (C=O) groups excluding carboxylic acids is 1. The van der Waals surface area contributed by atoms with Gasteiger partial charge in [0.1, 0.15) is 23.0 Å². The molecule has 7 aromatic heterocycles. The predicted octanol–water partition coefficient (Wildman–Crippen LogP) is 19.5. The Labute approximate surface area is 816 Å². The summed E-state index contributed by atoms with van der Waals surface area (Å²) in [5, 5.41) is 39.3. The van der Waals surface area contributed by atoms with Crippen LogP contribution in [0.3, 0.4) is 0 Å². The van der Waals surface area contributed by atoms with E-state index >= 15 is 0 Å². The second kappa shape index (κ2) is 44.4. The van der Waals surface area contributed by atoms with Crippen LogP contribution >= 0.6 is 0 Å². The van der Waals surface area contributed by atoms with Crippen molar-refractivity contribution in [1.82, 2.24) is 32.0 Å². The average Bonchev–Trinajstić information content (AvgIpc) is 1.62. The van der Waals surface area contributed by atoms with E-state index in [-0.39, 0.29) is 41.1 Å². The number of fused-ring (bicyclic) bond motifs is 7. The van der Waals surface area contributed by atoms with Gasteiger partial charge in [0.25, 0.3) is 6.47 Å². The van der Waals surface area contributed by atoms with Crippen molar-refractivity contribution in [2.75, 3.05) is 21.3 Å². The summed E-state index contributed by atoms with van der Waals surface area (Å²) < 4.78 is 68.0. The molecule has 0 spiro atoms. The standard InChI is InChI=1S/C17H17NO4.C16H13NO4.5C16H15NO3/c1-11-7-8-14-13(9-11)18(17(19)22-14)10-12-5-4-6-15(20-2)16(12)21-3;1-11-3-2-4-12(7-11)9-17-14-8-13(20-10-18)5-6-15(14)21-16(17)19;1-10-3-6-15-13(7-10)17(16(19)20-15)9-12-5-4-11(2)14(18)8-12;1-10-3-5-14(18)12(7-10)9-17-13-8-11(2)4-6-15(13)20-16(17)19;1-11-6-7-15-14(8-11)17(16(18)20-15)10-12-4-3-5-13(9-12)19-2;1-10-4-3-5-12(8-10)15(18)17-13-9-11(2)6-7-14(13)20-16(17)19;1-11-3-2-4-12(7-11)9-17-14-8-13(10-18)5-6-15(14)20-16(17)19/h4-9H,10H2,1-3H3;2-8,10H,9H2,1H3;2*3-8,18H,9H2,1-2H3;3-9H,10H2,1-2H3;3-9,15,18H,1-2H3;2-8,18H,9-10H2,1H3. The van der Waals surface area contributed by atoms with Crippen molar-refractivity contribution in [3.8, 4) is 34.5 Å². The molecule has 0 radical (unpaired) electrons. The summed E-state index contributed by atoms with van der Waals surface area (Å²) >= 11 is 0. The highest BCUT2D eigenvalue weighted by molar-refractivity contribution is 5.79. The molecule has 0 aliphatic heterocycles. The lowest BCUT2D eigenvalue weighted by molar-refractivity contribution is -0.120. The Hall–Kier alpha value is -17.6. The molecule has 143 heavy (non-hydrogen) atoms. The molecule has 0 aliphatic carbocycles. The summed E-state index contributed by atoms with van der Waals surface area (Å²) in [6.45, 7) is 22.2. The predicted molar refractivity (Wildman–Crippen MR) is 546 cm³/mol. The zero-order valence-corrected chi connectivity index (χ0v) is 80.8. The molecule has 1 unspecified atom stereocenters. The molecular formula is C113H105N7O23. The van der Waals surface area contributed by atoms with Crippen LogP contribution in [0.2, 0.25) is 0 Å². The highest BCUT2D eigenvalue weighted by Gasteiger charge is 2.23. The van der Waals surface area contributed by atoms with E-state index in [0.717, 1.165) is 117 Å². The van der Waals surface area contributed by atoms with E-state index in [1.54, 1.807) is 112 Å². The summed E-state index contributed by atoms with van der Waals surface area (Å²) in [6, 6.07) is 85.5. The molecule has 21 rings (SSSR count). The monoisotopic (exact) mass is 1930 g/mol. The first kappa shape index (κ1) is 99.8. The van der Waals surface area contributed by atoms with E-state index < -0.39 is 23.5 Å². The smallest absolute Gasteiger partial charge is 0.422 e. The zero-order valence-electron chi connectivity index (χ0n) is 80.8. The molecule has 0 amide bonds. The van der Waals surface area contributed by atoms with Crippen LogP contribution in [-0.2, 0) is 50.7 Å². The molecule has 4 N–H and O–H groups in total. The number of aromatic nitrogens is 7. The number of oxazole rings is 7. The zero-order chi connectivity index (χ0) is 102. The highest BCUT2D eigenvalue weighted by atomic mass is 16.5. The molecule has 14 aromatic carbocycles. The maximum absolute atomic E-state index is 12.1. The number of aryl methyl sites for hydroxylation is 10. The van der Waals surface area contributed by atoms with Gasteiger partial charge in [-0.15, -0.1) is 0 Å². The number of aromatic hydroxyl groups is 2. The number of rotatable bonds is 20. The second-order valence-corrected chi connectivity index (χ2v) is 34.6.